The molecule has 1 aliphatic carbocycles. The maximum atomic E-state index is 9.32. The summed E-state index contributed by atoms with van der Waals surface area (Å²) < 4.78 is 1.95. The molecule has 0 aromatic carbocycles. The molecular formula is C16H25N3O. The average Bonchev–Trinajstić information content (AvgIpc) is 2.75. The smallest absolute Gasteiger partial charge is 0.120 e. The highest BCUT2D eigenvalue weighted by molar-refractivity contribution is 5.34. The molecule has 1 aromatic heterocycles. The van der Waals surface area contributed by atoms with Crippen LogP contribution in [-0.2, 0) is 13.6 Å². The van der Waals surface area contributed by atoms with E-state index in [0.717, 1.165) is 18.8 Å². The molecule has 110 valence electrons. The van der Waals surface area contributed by atoms with Crippen molar-refractivity contribution in [1.29, 1.82) is 5.26 Å². The Kier molecular flexibility index (Phi) is 5.22. The quantitative estimate of drug-likeness (QED) is 0.897. The summed E-state index contributed by atoms with van der Waals surface area (Å²) in [5.41, 5.74) is 3.08. The van der Waals surface area contributed by atoms with Gasteiger partial charge >= 0.3 is 0 Å². The molecule has 20 heavy (non-hydrogen) atoms. The van der Waals surface area contributed by atoms with Crippen molar-refractivity contribution in [2.75, 3.05) is 13.2 Å². The van der Waals surface area contributed by atoms with Gasteiger partial charge in [-0.15, -0.1) is 0 Å². The lowest BCUT2D eigenvalue weighted by atomic mass is 9.94. The van der Waals surface area contributed by atoms with Crippen LogP contribution >= 0.6 is 0 Å². The molecule has 1 heterocycles. The number of rotatable bonds is 5. The second-order valence-electron chi connectivity index (χ2n) is 5.80. The van der Waals surface area contributed by atoms with Gasteiger partial charge in [0.15, 0.2) is 0 Å². The zero-order chi connectivity index (χ0) is 14.5. The summed E-state index contributed by atoms with van der Waals surface area (Å²) in [6.45, 7) is 3.83. The number of hydrogen-bond acceptors (Lipinski definition) is 3. The molecule has 0 bridgehead atoms. The highest BCUT2D eigenvalue weighted by Crippen LogP contribution is 2.25. The fourth-order valence-electron chi connectivity index (χ4n) is 3.21. The minimum atomic E-state index is 0.202. The second kappa shape index (κ2) is 6.92. The van der Waals surface area contributed by atoms with E-state index in [9.17, 15) is 5.11 Å². The molecule has 0 unspecified atom stereocenters. The largest absolute Gasteiger partial charge is 0.395 e. The van der Waals surface area contributed by atoms with Gasteiger partial charge in [0.05, 0.1) is 6.61 Å². The van der Waals surface area contributed by atoms with E-state index in [0.29, 0.717) is 11.7 Å². The van der Waals surface area contributed by atoms with Crippen LogP contribution in [0.5, 0.6) is 0 Å². The summed E-state index contributed by atoms with van der Waals surface area (Å²) >= 11 is 0. The molecule has 1 aliphatic rings. The van der Waals surface area contributed by atoms with Crippen molar-refractivity contribution in [3.8, 4) is 6.07 Å². The summed E-state index contributed by atoms with van der Waals surface area (Å²) in [6, 6.07) is 4.81. The topological polar surface area (TPSA) is 52.2 Å². The van der Waals surface area contributed by atoms with Crippen LogP contribution in [0, 0.1) is 18.3 Å². The molecule has 0 spiro atoms. The molecule has 0 radical (unpaired) electrons. The fourth-order valence-corrected chi connectivity index (χ4v) is 3.21. The van der Waals surface area contributed by atoms with Gasteiger partial charge in [0.25, 0.3) is 0 Å². The number of aromatic nitrogens is 1. The van der Waals surface area contributed by atoms with Crippen molar-refractivity contribution in [3.05, 3.63) is 23.0 Å². The molecule has 1 saturated carbocycles. The van der Waals surface area contributed by atoms with Gasteiger partial charge in [-0.2, -0.15) is 5.26 Å². The van der Waals surface area contributed by atoms with Crippen LogP contribution in [0.3, 0.4) is 0 Å². The normalized spacial score (nSPS) is 16.6. The maximum Gasteiger partial charge on any atom is 0.120 e. The first-order valence-electron chi connectivity index (χ1n) is 7.57. The van der Waals surface area contributed by atoms with E-state index in [2.05, 4.69) is 17.9 Å². The molecule has 4 heteroatoms. The maximum absolute atomic E-state index is 9.32. The standard InChI is InChI=1S/C16H25N3O/c1-13-14(10-16(11-17)18(13)2)12-19(8-9-20)15-6-4-3-5-7-15/h10,15,20H,3-9,12H2,1-2H3. The van der Waals surface area contributed by atoms with Crippen LogP contribution in [0.1, 0.15) is 49.1 Å². The third-order valence-electron chi connectivity index (χ3n) is 4.61. The lowest BCUT2D eigenvalue weighted by Gasteiger charge is -2.34. The van der Waals surface area contributed by atoms with Gasteiger partial charge in [-0.25, -0.2) is 0 Å². The van der Waals surface area contributed by atoms with Crippen LogP contribution in [0.2, 0.25) is 0 Å². The molecule has 0 amide bonds. The summed E-state index contributed by atoms with van der Waals surface area (Å²) in [4.78, 5) is 2.39. The van der Waals surface area contributed by atoms with Crippen LogP contribution in [0.25, 0.3) is 0 Å². The van der Waals surface area contributed by atoms with Crippen molar-refractivity contribution in [3.63, 3.8) is 0 Å². The predicted octanol–water partition coefficient (Wildman–Crippen LogP) is 2.33. The van der Waals surface area contributed by atoms with Gasteiger partial charge in [-0.05, 0) is 31.4 Å². The molecule has 1 fully saturated rings. The lowest BCUT2D eigenvalue weighted by molar-refractivity contribution is 0.117. The summed E-state index contributed by atoms with van der Waals surface area (Å²) in [5, 5.41) is 18.4. The Bertz CT molecular complexity index is 481. The highest BCUT2D eigenvalue weighted by atomic mass is 16.3. The van der Waals surface area contributed by atoms with E-state index in [4.69, 9.17) is 5.26 Å². The van der Waals surface area contributed by atoms with Crippen molar-refractivity contribution in [1.82, 2.24) is 9.47 Å². The number of aliphatic hydroxyl groups excluding tert-OH is 1. The average molecular weight is 275 g/mol. The van der Waals surface area contributed by atoms with Gasteiger partial charge in [-0.1, -0.05) is 19.3 Å². The van der Waals surface area contributed by atoms with E-state index < -0.39 is 0 Å². The van der Waals surface area contributed by atoms with E-state index in [1.807, 2.05) is 17.7 Å². The third-order valence-corrected chi connectivity index (χ3v) is 4.61. The highest BCUT2D eigenvalue weighted by Gasteiger charge is 2.22. The van der Waals surface area contributed by atoms with E-state index in [1.54, 1.807) is 0 Å². The van der Waals surface area contributed by atoms with Crippen molar-refractivity contribution in [2.45, 2.75) is 51.6 Å². The molecular weight excluding hydrogens is 250 g/mol. The van der Waals surface area contributed by atoms with Gasteiger partial charge in [0.1, 0.15) is 11.8 Å². The monoisotopic (exact) mass is 275 g/mol. The Morgan fingerprint density at radius 1 is 1.40 bits per heavy atom. The second-order valence-corrected chi connectivity index (χ2v) is 5.80. The van der Waals surface area contributed by atoms with Crippen molar-refractivity contribution >= 4 is 0 Å². The first kappa shape index (κ1) is 15.1. The summed E-state index contributed by atoms with van der Waals surface area (Å²) in [7, 11) is 1.94. The minimum Gasteiger partial charge on any atom is -0.395 e. The SMILES string of the molecule is Cc1c(CN(CCO)C2CCCCC2)cc(C#N)n1C. The van der Waals surface area contributed by atoms with Crippen LogP contribution < -0.4 is 0 Å². The zero-order valence-electron chi connectivity index (χ0n) is 12.6. The van der Waals surface area contributed by atoms with Crippen LogP contribution in [-0.4, -0.2) is 33.8 Å². The molecule has 0 saturated heterocycles. The Morgan fingerprint density at radius 2 is 2.10 bits per heavy atom. The number of hydrogen-bond donors (Lipinski definition) is 1. The zero-order valence-corrected chi connectivity index (χ0v) is 12.6. The molecule has 4 nitrogen and oxygen atoms in total. The molecule has 0 aliphatic heterocycles. The van der Waals surface area contributed by atoms with Crippen LogP contribution in [0.15, 0.2) is 6.07 Å². The van der Waals surface area contributed by atoms with E-state index in [-0.39, 0.29) is 6.61 Å². The first-order valence-corrected chi connectivity index (χ1v) is 7.57. The Morgan fingerprint density at radius 3 is 2.65 bits per heavy atom. The molecule has 0 atom stereocenters. The van der Waals surface area contributed by atoms with Gasteiger partial charge in [-0.3, -0.25) is 4.90 Å². The van der Waals surface area contributed by atoms with Crippen molar-refractivity contribution in [2.24, 2.45) is 7.05 Å². The molecule has 2 rings (SSSR count). The van der Waals surface area contributed by atoms with E-state index in [1.165, 1.54) is 37.7 Å². The number of aliphatic hydroxyl groups is 1. The van der Waals surface area contributed by atoms with Gasteiger partial charge in [0.2, 0.25) is 0 Å². The minimum absolute atomic E-state index is 0.202. The number of nitriles is 1. The molecule has 1 aromatic rings. The van der Waals surface area contributed by atoms with Gasteiger partial charge in [0, 0.05) is 31.9 Å². The Hall–Kier alpha value is -1.31. The Balaban J connectivity index is 2.13. The molecule has 1 N–H and O–H groups in total. The van der Waals surface area contributed by atoms with Crippen LogP contribution in [0.4, 0.5) is 0 Å². The first-order chi connectivity index (χ1) is 9.67. The van der Waals surface area contributed by atoms with Crippen molar-refractivity contribution < 1.29 is 5.11 Å². The Labute approximate surface area is 121 Å². The predicted molar refractivity (Wildman–Crippen MR) is 79.2 cm³/mol. The third kappa shape index (κ3) is 3.23. The fraction of sp³-hybridized carbons (Fsp3) is 0.688. The summed E-state index contributed by atoms with van der Waals surface area (Å²) in [6.07, 6.45) is 6.40. The van der Waals surface area contributed by atoms with E-state index >= 15 is 0 Å². The lowest BCUT2D eigenvalue weighted by Crippen LogP contribution is -2.38. The summed E-state index contributed by atoms with van der Waals surface area (Å²) in [5.74, 6) is 0. The number of nitrogens with zero attached hydrogens (tertiary/aromatic N) is 3. The van der Waals surface area contributed by atoms with Gasteiger partial charge < -0.3 is 9.67 Å².